The number of amides is 1. The van der Waals surface area contributed by atoms with E-state index in [4.69, 9.17) is 0 Å². The number of carbonyl (C=O) groups excluding carboxylic acids is 1. The van der Waals surface area contributed by atoms with Gasteiger partial charge in [0.25, 0.3) is 5.91 Å². The number of nitrogens with one attached hydrogen (secondary N) is 1. The molecule has 1 fully saturated rings. The molecule has 7 heteroatoms. The van der Waals surface area contributed by atoms with Gasteiger partial charge in [0, 0.05) is 60.5 Å². The van der Waals surface area contributed by atoms with Crippen molar-refractivity contribution < 1.29 is 4.79 Å². The maximum absolute atomic E-state index is 12.7. The molecule has 0 atom stereocenters. The zero-order valence-corrected chi connectivity index (χ0v) is 18.0. The molecule has 0 radical (unpaired) electrons. The number of benzene rings is 2. The molecule has 2 aromatic carbocycles. The van der Waals surface area contributed by atoms with Crippen LogP contribution in [0.1, 0.15) is 15.9 Å². The van der Waals surface area contributed by atoms with Crippen molar-refractivity contribution in [3.63, 3.8) is 0 Å². The summed E-state index contributed by atoms with van der Waals surface area (Å²) in [6.45, 7) is 2.72. The van der Waals surface area contributed by atoms with Crippen molar-refractivity contribution in [3.05, 3.63) is 72.1 Å². The van der Waals surface area contributed by atoms with Crippen molar-refractivity contribution in [3.8, 4) is 5.69 Å². The Morgan fingerprint density at radius 3 is 2.69 bits per heavy atom. The SMILES string of the molecule is CSc1nccn1-c1cccc(C(=O)NCc2ccc(N3CCSCC3)cc2)c1. The van der Waals surface area contributed by atoms with Crippen LogP contribution in [0.3, 0.4) is 0 Å². The van der Waals surface area contributed by atoms with E-state index >= 15 is 0 Å². The highest BCUT2D eigenvalue weighted by molar-refractivity contribution is 7.99. The van der Waals surface area contributed by atoms with Gasteiger partial charge in [0.2, 0.25) is 0 Å². The lowest BCUT2D eigenvalue weighted by molar-refractivity contribution is 0.0951. The Bertz CT molecular complexity index is 965. The zero-order valence-electron chi connectivity index (χ0n) is 16.4. The van der Waals surface area contributed by atoms with Crippen molar-refractivity contribution in [2.45, 2.75) is 11.7 Å². The van der Waals surface area contributed by atoms with Crippen LogP contribution in [0.2, 0.25) is 0 Å². The standard InChI is InChI=1S/C22H24N4OS2/c1-28-22-23-9-10-26(22)20-4-2-3-18(15-20)21(27)24-16-17-5-7-19(8-6-17)25-11-13-29-14-12-25/h2-10,15H,11-14,16H2,1H3,(H,24,27). The maximum Gasteiger partial charge on any atom is 0.251 e. The second-order valence-corrected chi connectivity index (χ2v) is 8.78. The summed E-state index contributed by atoms with van der Waals surface area (Å²) >= 11 is 3.59. The molecule has 1 N–H and O–H groups in total. The van der Waals surface area contributed by atoms with Gasteiger partial charge in [-0.05, 0) is 42.2 Å². The number of anilines is 1. The van der Waals surface area contributed by atoms with E-state index in [1.54, 1.807) is 18.0 Å². The minimum atomic E-state index is -0.0743. The third-order valence-corrected chi connectivity index (χ3v) is 6.55. The minimum Gasteiger partial charge on any atom is -0.370 e. The average molecular weight is 425 g/mol. The minimum absolute atomic E-state index is 0.0743. The molecule has 1 aromatic heterocycles. The summed E-state index contributed by atoms with van der Waals surface area (Å²) in [7, 11) is 0. The second-order valence-electron chi connectivity index (χ2n) is 6.78. The van der Waals surface area contributed by atoms with Crippen molar-refractivity contribution in [2.24, 2.45) is 0 Å². The third kappa shape index (κ3) is 4.79. The summed E-state index contributed by atoms with van der Waals surface area (Å²) in [5.41, 5.74) is 3.94. The molecule has 1 aliphatic heterocycles. The quantitative estimate of drug-likeness (QED) is 0.605. The molecule has 1 amide bonds. The molecule has 0 aliphatic carbocycles. The fraction of sp³-hybridized carbons (Fsp3) is 0.273. The van der Waals surface area contributed by atoms with Crippen molar-refractivity contribution >= 4 is 35.1 Å². The van der Waals surface area contributed by atoms with Gasteiger partial charge in [-0.15, -0.1) is 0 Å². The molecule has 3 aromatic rings. The number of carbonyl (C=O) groups is 1. The van der Waals surface area contributed by atoms with E-state index in [0.29, 0.717) is 12.1 Å². The van der Waals surface area contributed by atoms with E-state index in [2.05, 4.69) is 39.5 Å². The van der Waals surface area contributed by atoms with Crippen LogP contribution in [0.25, 0.3) is 5.69 Å². The first-order valence-corrected chi connectivity index (χ1v) is 12.0. The summed E-state index contributed by atoms with van der Waals surface area (Å²) in [5.74, 6) is 2.30. The molecular weight excluding hydrogens is 400 g/mol. The molecule has 0 spiro atoms. The topological polar surface area (TPSA) is 50.2 Å². The first-order valence-electron chi connectivity index (χ1n) is 9.62. The number of hydrogen-bond donors (Lipinski definition) is 1. The lowest BCUT2D eigenvalue weighted by Crippen LogP contribution is -2.32. The Hall–Kier alpha value is -2.38. The lowest BCUT2D eigenvalue weighted by Gasteiger charge is -2.28. The smallest absolute Gasteiger partial charge is 0.251 e. The molecule has 29 heavy (non-hydrogen) atoms. The third-order valence-electron chi connectivity index (χ3n) is 4.94. The van der Waals surface area contributed by atoms with Gasteiger partial charge in [-0.2, -0.15) is 11.8 Å². The molecule has 0 saturated carbocycles. The molecule has 2 heterocycles. The maximum atomic E-state index is 12.7. The molecule has 5 nitrogen and oxygen atoms in total. The first kappa shape index (κ1) is 19.9. The summed E-state index contributed by atoms with van der Waals surface area (Å²) in [5, 5.41) is 3.93. The van der Waals surface area contributed by atoms with E-state index in [1.807, 2.05) is 53.0 Å². The highest BCUT2D eigenvalue weighted by atomic mass is 32.2. The van der Waals surface area contributed by atoms with Gasteiger partial charge in [-0.1, -0.05) is 30.0 Å². The second kappa shape index (κ2) is 9.41. The average Bonchev–Trinajstić information content (AvgIpc) is 3.27. The number of thioether (sulfide) groups is 2. The first-order chi connectivity index (χ1) is 14.2. The number of hydrogen-bond acceptors (Lipinski definition) is 5. The van der Waals surface area contributed by atoms with Crippen LogP contribution in [0.5, 0.6) is 0 Å². The van der Waals surface area contributed by atoms with E-state index in [-0.39, 0.29) is 5.91 Å². The zero-order chi connectivity index (χ0) is 20.1. The van der Waals surface area contributed by atoms with Crippen LogP contribution in [-0.4, -0.2) is 46.3 Å². The molecule has 1 saturated heterocycles. The Balaban J connectivity index is 1.39. The molecule has 0 unspecified atom stereocenters. The van der Waals surface area contributed by atoms with Gasteiger partial charge >= 0.3 is 0 Å². The number of rotatable bonds is 6. The summed E-state index contributed by atoms with van der Waals surface area (Å²) in [4.78, 5) is 19.4. The van der Waals surface area contributed by atoms with Crippen LogP contribution in [-0.2, 0) is 6.54 Å². The van der Waals surface area contributed by atoms with Crippen molar-refractivity contribution in [2.75, 3.05) is 35.8 Å². The monoisotopic (exact) mass is 424 g/mol. The molecule has 0 bridgehead atoms. The largest absolute Gasteiger partial charge is 0.370 e. The summed E-state index contributed by atoms with van der Waals surface area (Å²) in [6, 6.07) is 16.1. The van der Waals surface area contributed by atoms with Gasteiger partial charge < -0.3 is 10.2 Å². The van der Waals surface area contributed by atoms with Gasteiger partial charge in [-0.3, -0.25) is 9.36 Å². The van der Waals surface area contributed by atoms with Crippen LogP contribution in [0.4, 0.5) is 5.69 Å². The van der Waals surface area contributed by atoms with E-state index in [1.165, 1.54) is 17.2 Å². The lowest BCUT2D eigenvalue weighted by atomic mass is 10.1. The fourth-order valence-corrected chi connectivity index (χ4v) is 4.80. The fourth-order valence-electron chi connectivity index (χ4n) is 3.36. The Labute approximate surface area is 179 Å². The number of nitrogens with zero attached hydrogens (tertiary/aromatic N) is 3. The van der Waals surface area contributed by atoms with Crippen LogP contribution in [0, 0.1) is 0 Å². The van der Waals surface area contributed by atoms with Gasteiger partial charge in [0.1, 0.15) is 0 Å². The predicted molar refractivity (Wildman–Crippen MR) is 122 cm³/mol. The highest BCUT2D eigenvalue weighted by Crippen LogP contribution is 2.21. The predicted octanol–water partition coefficient (Wildman–Crippen LogP) is 4.08. The number of imidazole rings is 1. The summed E-state index contributed by atoms with van der Waals surface area (Å²) < 4.78 is 1.99. The Morgan fingerprint density at radius 2 is 1.93 bits per heavy atom. The van der Waals surface area contributed by atoms with Gasteiger partial charge in [0.05, 0.1) is 0 Å². The van der Waals surface area contributed by atoms with Gasteiger partial charge in [-0.25, -0.2) is 4.98 Å². The molecule has 1 aliphatic rings. The van der Waals surface area contributed by atoms with Crippen LogP contribution < -0.4 is 10.2 Å². The van der Waals surface area contributed by atoms with Crippen molar-refractivity contribution in [1.29, 1.82) is 0 Å². The molecule has 4 rings (SSSR count). The Kier molecular flexibility index (Phi) is 6.46. The van der Waals surface area contributed by atoms with E-state index in [9.17, 15) is 4.79 Å². The number of aromatic nitrogens is 2. The van der Waals surface area contributed by atoms with Crippen molar-refractivity contribution in [1.82, 2.24) is 14.9 Å². The van der Waals surface area contributed by atoms with E-state index < -0.39 is 0 Å². The molecule has 150 valence electrons. The highest BCUT2D eigenvalue weighted by Gasteiger charge is 2.12. The van der Waals surface area contributed by atoms with E-state index in [0.717, 1.165) is 29.5 Å². The summed E-state index contributed by atoms with van der Waals surface area (Å²) in [6.07, 6.45) is 5.67. The van der Waals surface area contributed by atoms with Crippen LogP contribution in [0.15, 0.2) is 66.1 Å². The van der Waals surface area contributed by atoms with Crippen LogP contribution >= 0.6 is 23.5 Å². The van der Waals surface area contributed by atoms with Gasteiger partial charge in [0.15, 0.2) is 5.16 Å². The molecular formula is C22H24N4OS2. The normalized spacial score (nSPS) is 14.0. The Morgan fingerprint density at radius 1 is 1.14 bits per heavy atom.